The molecule has 3 heterocycles. The van der Waals surface area contributed by atoms with E-state index in [9.17, 15) is 0 Å². The zero-order valence-electron chi connectivity index (χ0n) is 14.2. The van der Waals surface area contributed by atoms with Crippen molar-refractivity contribution in [3.8, 4) is 0 Å². The predicted molar refractivity (Wildman–Crippen MR) is 93.7 cm³/mol. The van der Waals surface area contributed by atoms with Crippen molar-refractivity contribution in [2.75, 3.05) is 11.9 Å². The highest BCUT2D eigenvalue weighted by Gasteiger charge is 2.16. The molecule has 3 aromatic heterocycles. The second kappa shape index (κ2) is 6.36. The minimum atomic E-state index is 0.570. The van der Waals surface area contributed by atoms with Gasteiger partial charge in [-0.25, -0.2) is 9.97 Å². The van der Waals surface area contributed by atoms with E-state index in [1.807, 2.05) is 24.5 Å². The fraction of sp³-hybridized carbons (Fsp3) is 0.389. The molecule has 23 heavy (non-hydrogen) atoms. The van der Waals surface area contributed by atoms with Crippen LogP contribution in [0.3, 0.4) is 0 Å². The number of hydrogen-bond acceptors (Lipinski definition) is 4. The van der Waals surface area contributed by atoms with Crippen molar-refractivity contribution in [1.29, 1.82) is 0 Å². The molecule has 0 fully saturated rings. The first-order chi connectivity index (χ1) is 11.1. The van der Waals surface area contributed by atoms with Crippen molar-refractivity contribution >= 4 is 16.9 Å². The summed E-state index contributed by atoms with van der Waals surface area (Å²) in [4.78, 5) is 13.1. The molecule has 5 heteroatoms. The largest absolute Gasteiger partial charge is 0.369 e. The van der Waals surface area contributed by atoms with E-state index in [4.69, 9.17) is 0 Å². The molecule has 5 nitrogen and oxygen atoms in total. The number of fused-ring (bicyclic) bond motifs is 1. The van der Waals surface area contributed by atoms with E-state index < -0.39 is 0 Å². The van der Waals surface area contributed by atoms with E-state index in [-0.39, 0.29) is 0 Å². The van der Waals surface area contributed by atoms with Gasteiger partial charge in [0.1, 0.15) is 17.8 Å². The van der Waals surface area contributed by atoms with E-state index >= 15 is 0 Å². The lowest BCUT2D eigenvalue weighted by Crippen LogP contribution is -2.10. The van der Waals surface area contributed by atoms with Gasteiger partial charge >= 0.3 is 0 Å². The first-order valence-electron chi connectivity index (χ1n) is 8.01. The minimum Gasteiger partial charge on any atom is -0.369 e. The zero-order chi connectivity index (χ0) is 16.4. The number of hydrogen-bond donors (Lipinski definition) is 1. The first-order valence-corrected chi connectivity index (χ1v) is 8.01. The molecule has 3 aromatic rings. The molecule has 120 valence electrons. The minimum absolute atomic E-state index is 0.570. The first kappa shape index (κ1) is 15.5. The lowest BCUT2D eigenvalue weighted by Gasteiger charge is -2.10. The summed E-state index contributed by atoms with van der Waals surface area (Å²) in [5.41, 5.74) is 4.67. The van der Waals surface area contributed by atoms with Gasteiger partial charge in [0.25, 0.3) is 0 Å². The normalized spacial score (nSPS) is 11.3. The lowest BCUT2D eigenvalue weighted by atomic mass is 10.2. The molecule has 0 unspecified atom stereocenters. The molecule has 0 aromatic carbocycles. The highest BCUT2D eigenvalue weighted by Crippen LogP contribution is 2.29. The highest BCUT2D eigenvalue weighted by molar-refractivity contribution is 5.91. The Morgan fingerprint density at radius 1 is 1.13 bits per heavy atom. The van der Waals surface area contributed by atoms with Gasteiger partial charge in [-0.2, -0.15) is 0 Å². The van der Waals surface area contributed by atoms with Crippen molar-refractivity contribution in [3.05, 3.63) is 47.7 Å². The van der Waals surface area contributed by atoms with Crippen LogP contribution in [0.25, 0.3) is 11.0 Å². The van der Waals surface area contributed by atoms with Crippen LogP contribution in [0.5, 0.6) is 0 Å². The molecule has 0 saturated heterocycles. The van der Waals surface area contributed by atoms with Gasteiger partial charge < -0.3 is 9.88 Å². The van der Waals surface area contributed by atoms with Gasteiger partial charge in [0, 0.05) is 31.2 Å². The number of pyridine rings is 1. The summed E-state index contributed by atoms with van der Waals surface area (Å²) in [5.74, 6) is 1.50. The Labute approximate surface area is 136 Å². The van der Waals surface area contributed by atoms with Gasteiger partial charge in [-0.15, -0.1) is 0 Å². The van der Waals surface area contributed by atoms with Gasteiger partial charge in [0.15, 0.2) is 0 Å². The average molecular weight is 309 g/mol. The van der Waals surface area contributed by atoms with Crippen LogP contribution in [0.1, 0.15) is 30.7 Å². The standard InChI is InChI=1S/C18H23N5/c1-12(2)9-20-17-16-13(3)14(4)23(18(16)22-11-21-17)10-15-5-7-19-8-6-15/h5-8,11-12H,9-10H2,1-4H3,(H,20,21,22). The van der Waals surface area contributed by atoms with Crippen LogP contribution >= 0.6 is 0 Å². The molecule has 0 radical (unpaired) electrons. The number of anilines is 1. The highest BCUT2D eigenvalue weighted by atomic mass is 15.1. The van der Waals surface area contributed by atoms with Crippen LogP contribution in [0.4, 0.5) is 5.82 Å². The van der Waals surface area contributed by atoms with E-state index in [2.05, 4.69) is 52.5 Å². The van der Waals surface area contributed by atoms with Crippen molar-refractivity contribution < 1.29 is 0 Å². The van der Waals surface area contributed by atoms with Crippen LogP contribution in [0.2, 0.25) is 0 Å². The molecule has 0 amide bonds. The Kier molecular flexibility index (Phi) is 4.28. The van der Waals surface area contributed by atoms with Gasteiger partial charge in [-0.05, 0) is 43.0 Å². The lowest BCUT2D eigenvalue weighted by molar-refractivity contribution is 0.687. The summed E-state index contributed by atoms with van der Waals surface area (Å²) in [5, 5.41) is 4.58. The third-order valence-corrected chi connectivity index (χ3v) is 4.17. The molecule has 1 N–H and O–H groups in total. The summed E-state index contributed by atoms with van der Waals surface area (Å²) in [7, 11) is 0. The fourth-order valence-corrected chi connectivity index (χ4v) is 2.77. The number of nitrogens with zero attached hydrogens (tertiary/aromatic N) is 4. The molecule has 0 aliphatic rings. The maximum absolute atomic E-state index is 4.54. The Morgan fingerprint density at radius 2 is 1.87 bits per heavy atom. The van der Waals surface area contributed by atoms with Crippen molar-refractivity contribution in [2.45, 2.75) is 34.2 Å². The maximum atomic E-state index is 4.54. The molecule has 0 aliphatic carbocycles. The number of aromatic nitrogens is 4. The summed E-state index contributed by atoms with van der Waals surface area (Å²) >= 11 is 0. The molecular weight excluding hydrogens is 286 g/mol. The van der Waals surface area contributed by atoms with E-state index in [1.165, 1.54) is 16.8 Å². The van der Waals surface area contributed by atoms with Crippen molar-refractivity contribution in [2.24, 2.45) is 5.92 Å². The maximum Gasteiger partial charge on any atom is 0.146 e. The van der Waals surface area contributed by atoms with Crippen LogP contribution in [-0.4, -0.2) is 26.1 Å². The second-order valence-electron chi connectivity index (χ2n) is 6.35. The summed E-state index contributed by atoms with van der Waals surface area (Å²) in [6, 6.07) is 4.08. The summed E-state index contributed by atoms with van der Waals surface area (Å²) < 4.78 is 2.25. The Morgan fingerprint density at radius 3 is 2.57 bits per heavy atom. The summed E-state index contributed by atoms with van der Waals surface area (Å²) in [6.45, 7) is 10.4. The van der Waals surface area contributed by atoms with Crippen LogP contribution in [-0.2, 0) is 6.54 Å². The molecule has 0 spiro atoms. The van der Waals surface area contributed by atoms with E-state index in [1.54, 1.807) is 6.33 Å². The van der Waals surface area contributed by atoms with Gasteiger partial charge in [0.05, 0.1) is 5.39 Å². The third kappa shape index (κ3) is 3.04. The quantitative estimate of drug-likeness (QED) is 0.783. The smallest absolute Gasteiger partial charge is 0.146 e. The van der Waals surface area contributed by atoms with Gasteiger partial charge in [-0.3, -0.25) is 4.98 Å². The van der Waals surface area contributed by atoms with Crippen molar-refractivity contribution in [1.82, 2.24) is 19.5 Å². The number of aryl methyl sites for hydroxylation is 1. The number of nitrogens with one attached hydrogen (secondary N) is 1. The van der Waals surface area contributed by atoms with E-state index in [0.29, 0.717) is 5.92 Å². The Balaban J connectivity index is 2.06. The monoisotopic (exact) mass is 309 g/mol. The Bertz CT molecular complexity index is 805. The predicted octanol–water partition coefficient (Wildman–Crippen LogP) is 3.56. The number of rotatable bonds is 5. The summed E-state index contributed by atoms with van der Waals surface area (Å²) in [6.07, 6.45) is 5.30. The molecule has 0 atom stereocenters. The molecule has 3 rings (SSSR count). The van der Waals surface area contributed by atoms with Crippen LogP contribution in [0, 0.1) is 19.8 Å². The molecule has 0 saturated carbocycles. The van der Waals surface area contributed by atoms with E-state index in [0.717, 1.165) is 29.9 Å². The average Bonchev–Trinajstić information content (AvgIpc) is 2.79. The SMILES string of the molecule is Cc1c(C)n(Cc2ccncc2)c2ncnc(NCC(C)C)c12. The third-order valence-electron chi connectivity index (χ3n) is 4.17. The second-order valence-corrected chi connectivity index (χ2v) is 6.35. The van der Waals surface area contributed by atoms with Crippen LogP contribution in [0.15, 0.2) is 30.9 Å². The molecule has 0 aliphatic heterocycles. The molecular formula is C18H23N5. The topological polar surface area (TPSA) is 55.6 Å². The molecule has 0 bridgehead atoms. The Hall–Kier alpha value is -2.43. The van der Waals surface area contributed by atoms with Gasteiger partial charge in [-0.1, -0.05) is 13.8 Å². The fourth-order valence-electron chi connectivity index (χ4n) is 2.77. The zero-order valence-corrected chi connectivity index (χ0v) is 14.2. The van der Waals surface area contributed by atoms with Gasteiger partial charge in [0.2, 0.25) is 0 Å². The van der Waals surface area contributed by atoms with Crippen molar-refractivity contribution in [3.63, 3.8) is 0 Å². The van der Waals surface area contributed by atoms with Crippen LogP contribution < -0.4 is 5.32 Å².